The van der Waals surface area contributed by atoms with Crippen LogP contribution in [0.15, 0.2) is 58.8 Å². The Morgan fingerprint density at radius 3 is 2.40 bits per heavy atom. The van der Waals surface area contributed by atoms with Crippen LogP contribution >= 0.6 is 0 Å². The summed E-state index contributed by atoms with van der Waals surface area (Å²) >= 11 is 0. The first-order chi connectivity index (χ1) is 12.1. The van der Waals surface area contributed by atoms with Crippen molar-refractivity contribution >= 4 is 17.2 Å². The summed E-state index contributed by atoms with van der Waals surface area (Å²) < 4.78 is 1.60. The lowest BCUT2D eigenvalue weighted by molar-refractivity contribution is 0.872. The van der Waals surface area contributed by atoms with Crippen molar-refractivity contribution < 1.29 is 0 Å². The maximum absolute atomic E-state index is 9.07. The molecule has 0 atom stereocenters. The Hall–Kier alpha value is -3.97. The molecule has 0 amide bonds. The number of aromatic nitrogens is 2. The minimum Gasteiger partial charge on any atom is -0.382 e. The molecular weight excluding hydrogens is 314 g/mol. The molecule has 0 unspecified atom stereocenters. The maximum atomic E-state index is 9.07. The monoisotopic (exact) mass is 327 g/mol. The van der Waals surface area contributed by atoms with Gasteiger partial charge in [0, 0.05) is 0 Å². The van der Waals surface area contributed by atoms with Gasteiger partial charge in [0.1, 0.15) is 12.1 Å². The number of nitrogens with zero attached hydrogens (tertiary/aromatic N) is 6. The summed E-state index contributed by atoms with van der Waals surface area (Å²) in [5.74, 6) is 0.376. The molecule has 0 bridgehead atoms. The van der Waals surface area contributed by atoms with Crippen LogP contribution in [0.3, 0.4) is 0 Å². The first-order valence-electron chi connectivity index (χ1n) is 7.40. The van der Waals surface area contributed by atoms with E-state index in [1.165, 1.54) is 12.1 Å². The molecule has 0 spiro atoms. The van der Waals surface area contributed by atoms with E-state index in [0.29, 0.717) is 28.5 Å². The van der Waals surface area contributed by atoms with E-state index in [1.807, 2.05) is 42.5 Å². The van der Waals surface area contributed by atoms with Gasteiger partial charge < -0.3 is 5.73 Å². The van der Waals surface area contributed by atoms with Crippen molar-refractivity contribution in [3.8, 4) is 17.8 Å². The third-order valence-electron chi connectivity index (χ3n) is 3.57. The average Bonchev–Trinajstić information content (AvgIpc) is 2.94. The molecule has 0 aliphatic heterocycles. The molecule has 0 aliphatic carbocycles. The van der Waals surface area contributed by atoms with Gasteiger partial charge in [-0.25, -0.2) is 4.68 Å². The van der Waals surface area contributed by atoms with Crippen LogP contribution < -0.4 is 5.73 Å². The number of benzene rings is 2. The second-order valence-electron chi connectivity index (χ2n) is 5.22. The Morgan fingerprint density at radius 2 is 1.72 bits per heavy atom. The molecule has 0 radical (unpaired) electrons. The zero-order valence-electron chi connectivity index (χ0n) is 13.4. The van der Waals surface area contributed by atoms with E-state index in [0.717, 1.165) is 5.69 Å². The van der Waals surface area contributed by atoms with Crippen molar-refractivity contribution in [2.75, 3.05) is 5.73 Å². The van der Waals surface area contributed by atoms with E-state index in [2.05, 4.69) is 15.3 Å². The van der Waals surface area contributed by atoms with Crippen LogP contribution in [0.5, 0.6) is 0 Å². The lowest BCUT2D eigenvalue weighted by atomic mass is 10.1. The molecule has 120 valence electrons. The van der Waals surface area contributed by atoms with Crippen LogP contribution in [0.1, 0.15) is 16.8 Å². The standard InChI is InChI=1S/C18H13N7/c1-12-17(18(21)25(24-12)16-5-3-2-4-6-16)23-22-15-8-7-13(10-19)14(9-15)11-20/h2-9H,21H2,1H3. The lowest BCUT2D eigenvalue weighted by Gasteiger charge is -2.02. The normalized spacial score (nSPS) is 10.5. The van der Waals surface area contributed by atoms with Crippen LogP contribution in [-0.2, 0) is 0 Å². The molecule has 1 heterocycles. The van der Waals surface area contributed by atoms with E-state index in [9.17, 15) is 0 Å². The van der Waals surface area contributed by atoms with Crippen LogP contribution in [0, 0.1) is 29.6 Å². The molecule has 0 fully saturated rings. The summed E-state index contributed by atoms with van der Waals surface area (Å²) in [7, 11) is 0. The third kappa shape index (κ3) is 3.07. The fourth-order valence-electron chi connectivity index (χ4n) is 2.32. The maximum Gasteiger partial charge on any atom is 0.155 e. The number of nitriles is 2. The fourth-order valence-corrected chi connectivity index (χ4v) is 2.32. The SMILES string of the molecule is Cc1nn(-c2ccccc2)c(N)c1N=Nc1ccc(C#N)c(C#N)c1. The van der Waals surface area contributed by atoms with Crippen molar-refractivity contribution in [1.82, 2.24) is 9.78 Å². The second-order valence-corrected chi connectivity index (χ2v) is 5.22. The first kappa shape index (κ1) is 15.9. The number of nitrogen functional groups attached to an aromatic ring is 1. The van der Waals surface area contributed by atoms with E-state index in [-0.39, 0.29) is 5.56 Å². The van der Waals surface area contributed by atoms with Gasteiger partial charge in [-0.3, -0.25) is 0 Å². The van der Waals surface area contributed by atoms with E-state index < -0.39 is 0 Å². The van der Waals surface area contributed by atoms with Gasteiger partial charge in [-0.05, 0) is 37.3 Å². The summed E-state index contributed by atoms with van der Waals surface area (Å²) in [6.45, 7) is 1.80. The van der Waals surface area contributed by atoms with Crippen molar-refractivity contribution in [2.45, 2.75) is 6.92 Å². The zero-order valence-corrected chi connectivity index (χ0v) is 13.4. The zero-order chi connectivity index (χ0) is 17.8. The summed E-state index contributed by atoms with van der Waals surface area (Å²) in [4.78, 5) is 0. The molecule has 1 aromatic heterocycles. The topological polar surface area (TPSA) is 116 Å². The van der Waals surface area contributed by atoms with Gasteiger partial charge >= 0.3 is 0 Å². The van der Waals surface area contributed by atoms with Gasteiger partial charge in [-0.15, -0.1) is 5.11 Å². The van der Waals surface area contributed by atoms with Gasteiger partial charge in [-0.1, -0.05) is 18.2 Å². The second kappa shape index (κ2) is 6.65. The van der Waals surface area contributed by atoms with Crippen LogP contribution in [0.4, 0.5) is 17.2 Å². The van der Waals surface area contributed by atoms with Crippen molar-refractivity contribution in [3.63, 3.8) is 0 Å². The highest BCUT2D eigenvalue weighted by molar-refractivity contribution is 5.64. The molecule has 2 N–H and O–H groups in total. The average molecular weight is 327 g/mol. The minimum absolute atomic E-state index is 0.253. The fraction of sp³-hybridized carbons (Fsp3) is 0.0556. The quantitative estimate of drug-likeness (QED) is 0.733. The van der Waals surface area contributed by atoms with Gasteiger partial charge in [0.05, 0.1) is 28.2 Å². The molecule has 2 aromatic carbocycles. The van der Waals surface area contributed by atoms with Gasteiger partial charge in [0.15, 0.2) is 11.5 Å². The molecule has 25 heavy (non-hydrogen) atoms. The van der Waals surface area contributed by atoms with Crippen molar-refractivity contribution in [3.05, 3.63) is 65.4 Å². The highest BCUT2D eigenvalue weighted by atomic mass is 15.3. The van der Waals surface area contributed by atoms with Crippen LogP contribution in [-0.4, -0.2) is 9.78 Å². The summed E-state index contributed by atoms with van der Waals surface area (Å²) in [6, 6.07) is 18.1. The lowest BCUT2D eigenvalue weighted by Crippen LogP contribution is -2.01. The Bertz CT molecular complexity index is 1030. The van der Waals surface area contributed by atoms with Gasteiger partial charge in [0.25, 0.3) is 0 Å². The molecule has 0 saturated carbocycles. The summed E-state index contributed by atoms with van der Waals surface area (Å²) in [5, 5.41) is 30.7. The molecule has 0 saturated heterocycles. The van der Waals surface area contributed by atoms with Crippen LogP contribution in [0.25, 0.3) is 5.69 Å². The smallest absolute Gasteiger partial charge is 0.155 e. The number of nitrogens with two attached hydrogens (primary N) is 1. The summed E-state index contributed by atoms with van der Waals surface area (Å²) in [6.07, 6.45) is 0. The minimum atomic E-state index is 0.253. The van der Waals surface area contributed by atoms with Crippen LogP contribution in [0.2, 0.25) is 0 Å². The molecule has 7 heteroatoms. The summed E-state index contributed by atoms with van der Waals surface area (Å²) in [5.41, 5.74) is 9.10. The highest BCUT2D eigenvalue weighted by Crippen LogP contribution is 2.30. The highest BCUT2D eigenvalue weighted by Gasteiger charge is 2.13. The molecule has 3 aromatic rings. The molecule has 7 nitrogen and oxygen atoms in total. The van der Waals surface area contributed by atoms with E-state index >= 15 is 0 Å². The predicted octanol–water partition coefficient (Wildman–Crippen LogP) is 3.92. The number of azo groups is 1. The first-order valence-corrected chi connectivity index (χ1v) is 7.40. The van der Waals surface area contributed by atoms with Crippen molar-refractivity contribution in [2.24, 2.45) is 10.2 Å². The predicted molar refractivity (Wildman–Crippen MR) is 92.8 cm³/mol. The number of para-hydroxylation sites is 1. The molecule has 0 aliphatic rings. The molecule has 3 rings (SSSR count). The Balaban J connectivity index is 1.97. The Labute approximate surface area is 144 Å². The van der Waals surface area contributed by atoms with Crippen molar-refractivity contribution in [1.29, 1.82) is 10.5 Å². The number of hydrogen-bond acceptors (Lipinski definition) is 6. The largest absolute Gasteiger partial charge is 0.382 e. The number of anilines is 1. The van der Waals surface area contributed by atoms with E-state index in [1.54, 1.807) is 17.7 Å². The number of aryl methyl sites for hydroxylation is 1. The number of rotatable bonds is 3. The number of hydrogen-bond donors (Lipinski definition) is 1. The Morgan fingerprint density at radius 1 is 1.00 bits per heavy atom. The van der Waals surface area contributed by atoms with Gasteiger partial charge in [-0.2, -0.15) is 20.7 Å². The third-order valence-corrected chi connectivity index (χ3v) is 3.57. The van der Waals surface area contributed by atoms with E-state index in [4.69, 9.17) is 16.3 Å². The Kier molecular flexibility index (Phi) is 4.23. The molecular formula is C18H13N7. The van der Waals surface area contributed by atoms with Gasteiger partial charge in [0.2, 0.25) is 0 Å².